The van der Waals surface area contributed by atoms with Crippen LogP contribution in [-0.2, 0) is 16.1 Å². The molecule has 0 radical (unpaired) electrons. The van der Waals surface area contributed by atoms with Crippen molar-refractivity contribution in [2.75, 3.05) is 11.9 Å². The summed E-state index contributed by atoms with van der Waals surface area (Å²) in [6, 6.07) is 6.58. The molecule has 1 aliphatic heterocycles. The first-order valence-corrected chi connectivity index (χ1v) is 12.8. The highest BCUT2D eigenvalue weighted by Gasteiger charge is 2.47. The number of hydrogen-bond donors (Lipinski definition) is 1. The molecule has 1 aromatic heterocycles. The number of rotatable bonds is 5. The first-order chi connectivity index (χ1) is 15.2. The molecule has 1 fully saturated rings. The van der Waals surface area contributed by atoms with E-state index in [1.54, 1.807) is 47.5 Å². The minimum absolute atomic E-state index is 0.0136. The van der Waals surface area contributed by atoms with Crippen molar-refractivity contribution in [3.05, 3.63) is 44.4 Å². The quantitative estimate of drug-likeness (QED) is 0.608. The molecule has 0 saturated heterocycles. The normalized spacial score (nSPS) is 23.7. The van der Waals surface area contributed by atoms with Crippen molar-refractivity contribution in [2.24, 2.45) is 11.8 Å². The fourth-order valence-electron chi connectivity index (χ4n) is 4.96. The summed E-state index contributed by atoms with van der Waals surface area (Å²) < 4.78 is 6.66. The Morgan fingerprint density at radius 1 is 1.22 bits per heavy atom. The topological polar surface area (TPSA) is 77.4 Å². The van der Waals surface area contributed by atoms with Gasteiger partial charge in [-0.1, -0.05) is 38.5 Å². The molecule has 1 saturated carbocycles. The van der Waals surface area contributed by atoms with Gasteiger partial charge in [0.2, 0.25) is 5.91 Å². The fourth-order valence-corrected chi connectivity index (χ4v) is 7.77. The zero-order chi connectivity index (χ0) is 23.0. The lowest BCUT2D eigenvalue weighted by Gasteiger charge is -2.47. The Morgan fingerprint density at radius 3 is 2.62 bits per heavy atom. The molecule has 0 bridgehead atoms. The van der Waals surface area contributed by atoms with Gasteiger partial charge in [0.05, 0.1) is 17.2 Å². The Balaban J connectivity index is 1.52. The summed E-state index contributed by atoms with van der Waals surface area (Å²) in [5.41, 5.74) is 1.01. The van der Waals surface area contributed by atoms with Crippen molar-refractivity contribution in [1.29, 1.82) is 0 Å². The number of amides is 1. The number of carbonyl (C=O) groups excluding carboxylic acids is 2. The summed E-state index contributed by atoms with van der Waals surface area (Å²) >= 11 is 3.07. The molecule has 6 nitrogen and oxygen atoms in total. The first-order valence-electron chi connectivity index (χ1n) is 11.2. The number of ether oxygens (including phenoxy) is 1. The molecular formula is C24H30N2O4S2. The lowest BCUT2D eigenvalue weighted by atomic mass is 9.69. The molecule has 2 aliphatic rings. The van der Waals surface area contributed by atoms with E-state index in [-0.39, 0.29) is 22.1 Å². The molecule has 172 valence electrons. The largest absolute Gasteiger partial charge is 0.462 e. The predicted molar refractivity (Wildman–Crippen MR) is 129 cm³/mol. The maximum atomic E-state index is 12.9. The van der Waals surface area contributed by atoms with Crippen LogP contribution in [0.4, 0.5) is 5.69 Å². The minimum Gasteiger partial charge on any atom is -0.462 e. The molecule has 1 amide bonds. The molecule has 2 heterocycles. The summed E-state index contributed by atoms with van der Waals surface area (Å²) in [7, 11) is 0. The van der Waals surface area contributed by atoms with Crippen LogP contribution >= 0.6 is 23.1 Å². The van der Waals surface area contributed by atoms with Gasteiger partial charge in [-0.05, 0) is 55.9 Å². The van der Waals surface area contributed by atoms with Gasteiger partial charge in [-0.3, -0.25) is 14.2 Å². The summed E-state index contributed by atoms with van der Waals surface area (Å²) in [4.78, 5) is 38.5. The lowest BCUT2D eigenvalue weighted by Crippen LogP contribution is -2.39. The number of aromatic nitrogens is 1. The molecule has 1 N–H and O–H groups in total. The van der Waals surface area contributed by atoms with Crippen LogP contribution in [0.1, 0.15) is 68.1 Å². The van der Waals surface area contributed by atoms with Crippen molar-refractivity contribution in [2.45, 2.75) is 69.2 Å². The van der Waals surface area contributed by atoms with E-state index >= 15 is 0 Å². The standard InChI is InChI=1S/C24H30N2O4S2/c1-5-30-22(28)15-7-9-16(10-8-15)25-19(27)13-26-21-20(31-23(26)29)17-12-14(2)6-11-18(17)24(3,4)32-21/h7-10,14,17-18H,5-6,11-13H2,1-4H3,(H,25,27). The molecule has 3 unspecified atom stereocenters. The van der Waals surface area contributed by atoms with E-state index in [2.05, 4.69) is 26.1 Å². The lowest BCUT2D eigenvalue weighted by molar-refractivity contribution is -0.116. The van der Waals surface area contributed by atoms with E-state index in [1.807, 2.05) is 0 Å². The van der Waals surface area contributed by atoms with E-state index in [1.165, 1.54) is 29.1 Å². The average Bonchev–Trinajstić information content (AvgIpc) is 3.03. The monoisotopic (exact) mass is 474 g/mol. The van der Waals surface area contributed by atoms with E-state index in [0.29, 0.717) is 35.6 Å². The van der Waals surface area contributed by atoms with Gasteiger partial charge in [0.25, 0.3) is 0 Å². The van der Waals surface area contributed by atoms with E-state index < -0.39 is 5.97 Å². The number of carbonyl (C=O) groups is 2. The highest BCUT2D eigenvalue weighted by molar-refractivity contribution is 8.00. The number of thioether (sulfide) groups is 1. The summed E-state index contributed by atoms with van der Waals surface area (Å²) in [5.74, 6) is 0.984. The second-order valence-corrected chi connectivity index (χ2v) is 11.9. The number of fused-ring (bicyclic) bond motifs is 3. The smallest absolute Gasteiger partial charge is 0.338 e. The predicted octanol–water partition coefficient (Wildman–Crippen LogP) is 5.13. The third kappa shape index (κ3) is 4.53. The van der Waals surface area contributed by atoms with Crippen molar-refractivity contribution in [3.63, 3.8) is 0 Å². The fraction of sp³-hybridized carbons (Fsp3) is 0.542. The van der Waals surface area contributed by atoms with Crippen LogP contribution in [0.15, 0.2) is 34.1 Å². The second-order valence-electron chi connectivity index (χ2n) is 9.31. The Bertz CT molecular complexity index is 1070. The summed E-state index contributed by atoms with van der Waals surface area (Å²) in [6.07, 6.45) is 3.55. The number of nitrogens with zero attached hydrogens (tertiary/aromatic N) is 1. The Morgan fingerprint density at radius 2 is 1.94 bits per heavy atom. The second kappa shape index (κ2) is 9.06. The molecule has 3 atom stereocenters. The maximum absolute atomic E-state index is 12.9. The number of anilines is 1. The van der Waals surface area contributed by atoms with Gasteiger partial charge in [-0.15, -0.1) is 11.8 Å². The van der Waals surface area contributed by atoms with Crippen LogP contribution in [0.3, 0.4) is 0 Å². The molecule has 1 aromatic carbocycles. The molecule has 4 rings (SSSR count). The number of thiazole rings is 1. The van der Waals surface area contributed by atoms with Crippen LogP contribution in [0.2, 0.25) is 0 Å². The zero-order valence-electron chi connectivity index (χ0n) is 19.0. The third-order valence-corrected chi connectivity index (χ3v) is 9.26. The van der Waals surface area contributed by atoms with Crippen LogP contribution in [0.25, 0.3) is 0 Å². The molecule has 8 heteroatoms. The average molecular weight is 475 g/mol. The number of esters is 1. The highest BCUT2D eigenvalue weighted by atomic mass is 32.2. The van der Waals surface area contributed by atoms with E-state index in [4.69, 9.17) is 4.74 Å². The van der Waals surface area contributed by atoms with Gasteiger partial charge in [0.1, 0.15) is 6.54 Å². The van der Waals surface area contributed by atoms with Crippen LogP contribution in [-0.4, -0.2) is 27.8 Å². The number of nitrogens with one attached hydrogen (secondary N) is 1. The van der Waals surface area contributed by atoms with Crippen molar-refractivity contribution >= 4 is 40.7 Å². The first kappa shape index (κ1) is 23.1. The molecule has 32 heavy (non-hydrogen) atoms. The zero-order valence-corrected chi connectivity index (χ0v) is 20.6. The molecule has 1 aliphatic carbocycles. The maximum Gasteiger partial charge on any atom is 0.338 e. The van der Waals surface area contributed by atoms with Gasteiger partial charge in [0.15, 0.2) is 0 Å². The van der Waals surface area contributed by atoms with E-state index in [0.717, 1.165) is 11.4 Å². The minimum atomic E-state index is -0.392. The summed E-state index contributed by atoms with van der Waals surface area (Å²) in [6.45, 7) is 8.89. The van der Waals surface area contributed by atoms with Gasteiger partial charge in [0, 0.05) is 21.2 Å². The number of hydrogen-bond acceptors (Lipinski definition) is 6. The summed E-state index contributed by atoms with van der Waals surface area (Å²) in [5, 5.41) is 3.81. The van der Waals surface area contributed by atoms with Crippen LogP contribution in [0.5, 0.6) is 0 Å². The van der Waals surface area contributed by atoms with Crippen LogP contribution < -0.4 is 10.2 Å². The SMILES string of the molecule is CCOC(=O)c1ccc(NC(=O)Cn2c3c(sc2=O)C2CC(C)CCC2C(C)(C)S3)cc1. The van der Waals surface area contributed by atoms with Gasteiger partial charge in [-0.25, -0.2) is 4.79 Å². The Kier molecular flexibility index (Phi) is 6.54. The van der Waals surface area contributed by atoms with Crippen molar-refractivity contribution in [3.8, 4) is 0 Å². The molecule has 2 aromatic rings. The van der Waals surface area contributed by atoms with Gasteiger partial charge in [-0.2, -0.15) is 0 Å². The van der Waals surface area contributed by atoms with E-state index in [9.17, 15) is 14.4 Å². The third-order valence-electron chi connectivity index (χ3n) is 6.56. The van der Waals surface area contributed by atoms with Gasteiger partial charge < -0.3 is 10.1 Å². The van der Waals surface area contributed by atoms with Gasteiger partial charge >= 0.3 is 10.8 Å². The molecular weight excluding hydrogens is 444 g/mol. The molecule has 0 spiro atoms. The van der Waals surface area contributed by atoms with Crippen molar-refractivity contribution in [1.82, 2.24) is 4.57 Å². The Labute approximate surface area is 196 Å². The number of benzene rings is 1. The van der Waals surface area contributed by atoms with Crippen LogP contribution in [0, 0.1) is 11.8 Å². The Hall–Kier alpha value is -2.06. The van der Waals surface area contributed by atoms with Crippen molar-refractivity contribution < 1.29 is 14.3 Å². The highest BCUT2D eigenvalue weighted by Crippen LogP contribution is 2.58.